The predicted molar refractivity (Wildman–Crippen MR) is 179 cm³/mol. The fraction of sp³-hybridized carbons (Fsp3) is 0.487. The van der Waals surface area contributed by atoms with E-state index in [0.717, 1.165) is 61.2 Å². The zero-order chi connectivity index (χ0) is 30.8. The number of hydrogen-bond donors (Lipinski definition) is 0. The van der Waals surface area contributed by atoms with Crippen molar-refractivity contribution < 1.29 is 14.3 Å². The van der Waals surface area contributed by atoms with Gasteiger partial charge in [0.1, 0.15) is 18.4 Å². The Balaban J connectivity index is 1.44. The summed E-state index contributed by atoms with van der Waals surface area (Å²) in [7, 11) is 0. The van der Waals surface area contributed by atoms with Gasteiger partial charge in [0.25, 0.3) is 0 Å². The van der Waals surface area contributed by atoms with Gasteiger partial charge in [-0.3, -0.25) is 9.59 Å². The number of likely N-dealkylation sites (tertiary alicyclic amines) is 1. The number of unbranched alkanes of at least 4 members (excludes halogenated alkanes) is 8. The topological polar surface area (TPSA) is 49.9 Å². The molecular formula is C39H52N2O3. The Hall–Kier alpha value is -3.60. The lowest BCUT2D eigenvalue weighted by atomic mass is 10.0. The third-order valence-electron chi connectivity index (χ3n) is 8.69. The fourth-order valence-corrected chi connectivity index (χ4v) is 6.05. The van der Waals surface area contributed by atoms with Crippen molar-refractivity contribution in [2.45, 2.75) is 110 Å². The standard InChI is InChI=1S/C39H52N2O3/c1-2-3-4-5-6-7-8-9-16-23-38(42)41(31-34-24-26-36(27-25-34)44-32-35-21-14-11-15-22-35)37(30-33-19-12-10-13-20-33)39(43)40-28-17-18-29-40/h10-15,19-22,24-27,37H,2-9,16-18,23,28-32H2,1H3. The van der Waals surface area contributed by atoms with E-state index in [1.165, 1.54) is 44.9 Å². The second kappa shape index (κ2) is 18.9. The lowest BCUT2D eigenvalue weighted by Gasteiger charge is -2.34. The summed E-state index contributed by atoms with van der Waals surface area (Å²) in [4.78, 5) is 31.8. The van der Waals surface area contributed by atoms with Gasteiger partial charge in [-0.1, -0.05) is 131 Å². The molecule has 0 saturated carbocycles. The highest BCUT2D eigenvalue weighted by Crippen LogP contribution is 2.22. The molecular weight excluding hydrogens is 544 g/mol. The SMILES string of the molecule is CCCCCCCCCCCC(=O)N(Cc1ccc(OCc2ccccc2)cc1)C(Cc1ccccc1)C(=O)N1CCCC1. The van der Waals surface area contributed by atoms with Gasteiger partial charge in [-0.25, -0.2) is 0 Å². The number of rotatable bonds is 19. The molecule has 0 N–H and O–H groups in total. The normalized spacial score (nSPS) is 13.5. The van der Waals surface area contributed by atoms with Crippen molar-refractivity contribution in [2.75, 3.05) is 13.1 Å². The Kier molecular flexibility index (Phi) is 14.3. The first-order valence-electron chi connectivity index (χ1n) is 17.0. The molecule has 3 aromatic rings. The average Bonchev–Trinajstić information content (AvgIpc) is 3.61. The number of carbonyl (C=O) groups is 2. The predicted octanol–water partition coefficient (Wildman–Crippen LogP) is 8.75. The minimum Gasteiger partial charge on any atom is -0.489 e. The second-order valence-corrected chi connectivity index (χ2v) is 12.3. The summed E-state index contributed by atoms with van der Waals surface area (Å²) < 4.78 is 6.00. The van der Waals surface area contributed by atoms with E-state index >= 15 is 0 Å². The molecule has 1 saturated heterocycles. The van der Waals surface area contributed by atoms with Crippen LogP contribution < -0.4 is 4.74 Å². The first-order chi connectivity index (χ1) is 21.6. The smallest absolute Gasteiger partial charge is 0.245 e. The van der Waals surface area contributed by atoms with E-state index in [0.29, 0.717) is 26.0 Å². The summed E-state index contributed by atoms with van der Waals surface area (Å²) in [5.41, 5.74) is 3.20. The minimum atomic E-state index is -0.518. The summed E-state index contributed by atoms with van der Waals surface area (Å²) in [6.07, 6.45) is 13.9. The third kappa shape index (κ3) is 11.2. The van der Waals surface area contributed by atoms with Gasteiger partial charge in [-0.05, 0) is 48.1 Å². The van der Waals surface area contributed by atoms with Crippen LogP contribution in [0.1, 0.15) is 101 Å². The van der Waals surface area contributed by atoms with E-state index in [1.807, 2.05) is 70.5 Å². The molecule has 1 aliphatic rings. The quantitative estimate of drug-likeness (QED) is 0.130. The van der Waals surface area contributed by atoms with E-state index < -0.39 is 6.04 Å². The molecule has 5 nitrogen and oxygen atoms in total. The van der Waals surface area contributed by atoms with E-state index in [-0.39, 0.29) is 11.8 Å². The van der Waals surface area contributed by atoms with Gasteiger partial charge in [0.05, 0.1) is 0 Å². The van der Waals surface area contributed by atoms with Crippen molar-refractivity contribution in [3.63, 3.8) is 0 Å². The molecule has 4 rings (SSSR count). The average molecular weight is 597 g/mol. The molecule has 0 radical (unpaired) electrons. The molecule has 5 heteroatoms. The number of amides is 2. The van der Waals surface area contributed by atoms with Crippen molar-refractivity contribution in [1.82, 2.24) is 9.80 Å². The molecule has 236 valence electrons. The van der Waals surface area contributed by atoms with Crippen molar-refractivity contribution >= 4 is 11.8 Å². The van der Waals surface area contributed by atoms with Crippen LogP contribution in [0.4, 0.5) is 0 Å². The lowest BCUT2D eigenvalue weighted by Crippen LogP contribution is -2.51. The van der Waals surface area contributed by atoms with Crippen LogP contribution in [-0.2, 0) is 29.2 Å². The largest absolute Gasteiger partial charge is 0.489 e. The maximum absolute atomic E-state index is 14.0. The molecule has 3 aromatic carbocycles. The van der Waals surface area contributed by atoms with Crippen molar-refractivity contribution in [3.05, 3.63) is 102 Å². The van der Waals surface area contributed by atoms with Crippen molar-refractivity contribution in [3.8, 4) is 5.75 Å². The molecule has 1 unspecified atom stereocenters. The van der Waals surface area contributed by atoms with Gasteiger partial charge in [0, 0.05) is 32.5 Å². The summed E-state index contributed by atoms with van der Waals surface area (Å²) in [5.74, 6) is 0.944. The Labute approximate surface area is 265 Å². The number of benzene rings is 3. The van der Waals surface area contributed by atoms with Crippen LogP contribution >= 0.6 is 0 Å². The van der Waals surface area contributed by atoms with Crippen LogP contribution in [0.5, 0.6) is 5.75 Å². The van der Waals surface area contributed by atoms with Crippen LogP contribution in [0.15, 0.2) is 84.9 Å². The maximum Gasteiger partial charge on any atom is 0.245 e. The van der Waals surface area contributed by atoms with Gasteiger partial charge in [-0.15, -0.1) is 0 Å². The molecule has 44 heavy (non-hydrogen) atoms. The van der Waals surface area contributed by atoms with E-state index in [1.54, 1.807) is 0 Å². The molecule has 1 fully saturated rings. The molecule has 2 amide bonds. The van der Waals surface area contributed by atoms with Crippen molar-refractivity contribution in [1.29, 1.82) is 0 Å². The van der Waals surface area contributed by atoms with Gasteiger partial charge in [0.2, 0.25) is 11.8 Å². The number of carbonyl (C=O) groups excluding carboxylic acids is 2. The zero-order valence-electron chi connectivity index (χ0n) is 26.8. The Morgan fingerprint density at radius 2 is 1.27 bits per heavy atom. The first-order valence-corrected chi connectivity index (χ1v) is 17.0. The van der Waals surface area contributed by atoms with Crippen LogP contribution in [-0.4, -0.2) is 40.7 Å². The molecule has 1 heterocycles. The highest BCUT2D eigenvalue weighted by molar-refractivity contribution is 5.88. The van der Waals surface area contributed by atoms with E-state index in [2.05, 4.69) is 31.2 Å². The van der Waals surface area contributed by atoms with Crippen LogP contribution in [0.3, 0.4) is 0 Å². The fourth-order valence-electron chi connectivity index (χ4n) is 6.05. The number of nitrogens with zero attached hydrogens (tertiary/aromatic N) is 2. The summed E-state index contributed by atoms with van der Waals surface area (Å²) in [6, 6.07) is 27.7. The summed E-state index contributed by atoms with van der Waals surface area (Å²) in [5, 5.41) is 0. The van der Waals surface area contributed by atoms with Gasteiger partial charge < -0.3 is 14.5 Å². The zero-order valence-corrected chi connectivity index (χ0v) is 26.8. The number of hydrogen-bond acceptors (Lipinski definition) is 3. The Morgan fingerprint density at radius 3 is 1.89 bits per heavy atom. The molecule has 0 bridgehead atoms. The molecule has 1 aliphatic heterocycles. The van der Waals surface area contributed by atoms with Gasteiger partial charge in [-0.2, -0.15) is 0 Å². The second-order valence-electron chi connectivity index (χ2n) is 12.3. The molecule has 0 spiro atoms. The highest BCUT2D eigenvalue weighted by atomic mass is 16.5. The number of ether oxygens (including phenoxy) is 1. The molecule has 0 aromatic heterocycles. The molecule has 1 atom stereocenters. The van der Waals surface area contributed by atoms with Gasteiger partial charge in [0.15, 0.2) is 0 Å². The summed E-state index contributed by atoms with van der Waals surface area (Å²) in [6.45, 7) is 4.72. The van der Waals surface area contributed by atoms with E-state index in [4.69, 9.17) is 4.74 Å². The van der Waals surface area contributed by atoms with Crippen molar-refractivity contribution in [2.24, 2.45) is 0 Å². The van der Waals surface area contributed by atoms with Crippen LogP contribution in [0.25, 0.3) is 0 Å². The lowest BCUT2D eigenvalue weighted by molar-refractivity contribution is -0.146. The van der Waals surface area contributed by atoms with E-state index in [9.17, 15) is 9.59 Å². The highest BCUT2D eigenvalue weighted by Gasteiger charge is 2.34. The Morgan fingerprint density at radius 1 is 0.705 bits per heavy atom. The minimum absolute atomic E-state index is 0.0748. The van der Waals surface area contributed by atoms with Gasteiger partial charge >= 0.3 is 0 Å². The van der Waals surface area contributed by atoms with Crippen LogP contribution in [0.2, 0.25) is 0 Å². The monoisotopic (exact) mass is 596 g/mol. The molecule has 0 aliphatic carbocycles. The Bertz CT molecular complexity index is 1220. The first kappa shape index (κ1) is 33.3. The van der Waals surface area contributed by atoms with Crippen LogP contribution in [0, 0.1) is 0 Å². The third-order valence-corrected chi connectivity index (χ3v) is 8.69. The summed E-state index contributed by atoms with van der Waals surface area (Å²) >= 11 is 0. The maximum atomic E-state index is 14.0.